The molecule has 0 aliphatic heterocycles. The minimum absolute atomic E-state index is 0.0240. The third kappa shape index (κ3) is 4.00. The van der Waals surface area contributed by atoms with Crippen molar-refractivity contribution in [1.82, 2.24) is 15.3 Å². The molecule has 0 saturated carbocycles. The first-order valence-corrected chi connectivity index (χ1v) is 7.63. The molecule has 21 heavy (non-hydrogen) atoms. The van der Waals surface area contributed by atoms with Gasteiger partial charge in [-0.15, -0.1) is 11.3 Å². The number of pyridine rings is 1. The van der Waals surface area contributed by atoms with Gasteiger partial charge < -0.3 is 14.8 Å². The van der Waals surface area contributed by atoms with Crippen LogP contribution in [-0.4, -0.2) is 37.3 Å². The second-order valence-electron chi connectivity index (χ2n) is 4.71. The van der Waals surface area contributed by atoms with Crippen LogP contribution in [0.25, 0.3) is 0 Å². The Labute approximate surface area is 129 Å². The van der Waals surface area contributed by atoms with E-state index in [-0.39, 0.29) is 6.04 Å². The third-order valence-corrected chi connectivity index (χ3v) is 4.39. The SMILES string of the molecule is COCCNC(c1ccc(OC)nc1)c1nc(C)c(C)s1. The summed E-state index contributed by atoms with van der Waals surface area (Å²) in [6, 6.07) is 3.91. The molecule has 0 amide bonds. The zero-order valence-corrected chi connectivity index (χ0v) is 13.7. The van der Waals surface area contributed by atoms with Crippen LogP contribution < -0.4 is 10.1 Å². The fourth-order valence-electron chi connectivity index (χ4n) is 1.96. The van der Waals surface area contributed by atoms with Crippen molar-refractivity contribution in [2.45, 2.75) is 19.9 Å². The quantitative estimate of drug-likeness (QED) is 0.797. The molecule has 2 aromatic rings. The Hall–Kier alpha value is -1.50. The maximum Gasteiger partial charge on any atom is 0.212 e. The van der Waals surface area contributed by atoms with E-state index in [4.69, 9.17) is 9.47 Å². The standard InChI is InChI=1S/C15H21N3O2S/c1-10-11(2)21-15(18-10)14(16-7-8-19-3)12-5-6-13(20-4)17-9-12/h5-6,9,14,16H,7-8H2,1-4H3. The Morgan fingerprint density at radius 1 is 1.29 bits per heavy atom. The molecule has 5 nitrogen and oxygen atoms in total. The minimum atomic E-state index is 0.0240. The van der Waals surface area contributed by atoms with Gasteiger partial charge in [0.05, 0.1) is 25.5 Å². The van der Waals surface area contributed by atoms with Crippen molar-refractivity contribution in [1.29, 1.82) is 0 Å². The number of thiazole rings is 1. The molecule has 0 radical (unpaired) electrons. The fraction of sp³-hybridized carbons (Fsp3) is 0.467. The number of methoxy groups -OCH3 is 2. The van der Waals surface area contributed by atoms with Gasteiger partial charge in [0.15, 0.2) is 0 Å². The molecule has 1 N–H and O–H groups in total. The van der Waals surface area contributed by atoms with Gasteiger partial charge in [0.25, 0.3) is 0 Å². The van der Waals surface area contributed by atoms with Crippen molar-refractivity contribution in [3.8, 4) is 5.88 Å². The van der Waals surface area contributed by atoms with Crippen LogP contribution in [0.15, 0.2) is 18.3 Å². The average molecular weight is 307 g/mol. The highest BCUT2D eigenvalue weighted by Crippen LogP contribution is 2.28. The summed E-state index contributed by atoms with van der Waals surface area (Å²) >= 11 is 1.71. The molecule has 0 bridgehead atoms. The Kier molecular flexibility index (Phi) is 5.67. The molecule has 1 unspecified atom stereocenters. The highest BCUT2D eigenvalue weighted by Gasteiger charge is 2.18. The van der Waals surface area contributed by atoms with E-state index in [9.17, 15) is 0 Å². The molecular weight excluding hydrogens is 286 g/mol. The highest BCUT2D eigenvalue weighted by atomic mass is 32.1. The van der Waals surface area contributed by atoms with Crippen LogP contribution in [0, 0.1) is 13.8 Å². The van der Waals surface area contributed by atoms with Crippen LogP contribution >= 0.6 is 11.3 Å². The van der Waals surface area contributed by atoms with Crippen LogP contribution in [0.5, 0.6) is 5.88 Å². The van der Waals surface area contributed by atoms with Crippen molar-refractivity contribution >= 4 is 11.3 Å². The molecule has 6 heteroatoms. The molecule has 2 aromatic heterocycles. The van der Waals surface area contributed by atoms with Crippen LogP contribution in [0.4, 0.5) is 0 Å². The van der Waals surface area contributed by atoms with E-state index in [2.05, 4.69) is 22.2 Å². The van der Waals surface area contributed by atoms with Crippen molar-refractivity contribution in [2.75, 3.05) is 27.4 Å². The molecular formula is C15H21N3O2S. The molecule has 114 valence electrons. The van der Waals surface area contributed by atoms with Crippen molar-refractivity contribution in [3.63, 3.8) is 0 Å². The summed E-state index contributed by atoms with van der Waals surface area (Å²) in [5, 5.41) is 4.52. The molecule has 0 aromatic carbocycles. The lowest BCUT2D eigenvalue weighted by Gasteiger charge is -2.16. The minimum Gasteiger partial charge on any atom is -0.481 e. The number of nitrogens with one attached hydrogen (secondary N) is 1. The number of rotatable bonds is 7. The van der Waals surface area contributed by atoms with Gasteiger partial charge in [-0.25, -0.2) is 9.97 Å². The highest BCUT2D eigenvalue weighted by molar-refractivity contribution is 7.11. The lowest BCUT2D eigenvalue weighted by molar-refractivity contribution is 0.197. The molecule has 0 saturated heterocycles. The fourth-order valence-corrected chi connectivity index (χ4v) is 2.98. The first-order valence-electron chi connectivity index (χ1n) is 6.82. The van der Waals surface area contributed by atoms with E-state index < -0.39 is 0 Å². The number of ether oxygens (including phenoxy) is 2. The van der Waals surface area contributed by atoms with Crippen LogP contribution in [0.1, 0.15) is 27.2 Å². The lowest BCUT2D eigenvalue weighted by Crippen LogP contribution is -2.26. The van der Waals surface area contributed by atoms with Gasteiger partial charge in [0.1, 0.15) is 5.01 Å². The van der Waals surface area contributed by atoms with Gasteiger partial charge >= 0.3 is 0 Å². The Bertz CT molecular complexity index is 549. The monoisotopic (exact) mass is 307 g/mol. The van der Waals surface area contributed by atoms with Gasteiger partial charge in [-0.1, -0.05) is 6.07 Å². The molecule has 0 fully saturated rings. The normalized spacial score (nSPS) is 12.4. The zero-order chi connectivity index (χ0) is 15.2. The summed E-state index contributed by atoms with van der Waals surface area (Å²) in [4.78, 5) is 10.2. The number of aryl methyl sites for hydroxylation is 2. The van der Waals surface area contributed by atoms with E-state index in [1.54, 1.807) is 25.6 Å². The van der Waals surface area contributed by atoms with Crippen molar-refractivity contribution in [3.05, 3.63) is 39.5 Å². The second kappa shape index (κ2) is 7.49. The summed E-state index contributed by atoms with van der Waals surface area (Å²) < 4.78 is 10.2. The molecule has 2 heterocycles. The van der Waals surface area contributed by atoms with Crippen LogP contribution in [0.2, 0.25) is 0 Å². The Balaban J connectivity index is 2.25. The summed E-state index contributed by atoms with van der Waals surface area (Å²) in [6.07, 6.45) is 1.83. The van der Waals surface area contributed by atoms with Crippen molar-refractivity contribution in [2.24, 2.45) is 0 Å². The smallest absolute Gasteiger partial charge is 0.212 e. The van der Waals surface area contributed by atoms with E-state index in [1.165, 1.54) is 4.88 Å². The van der Waals surface area contributed by atoms with E-state index in [1.807, 2.05) is 25.3 Å². The van der Waals surface area contributed by atoms with E-state index >= 15 is 0 Å². The summed E-state index contributed by atoms with van der Waals surface area (Å²) in [5.41, 5.74) is 2.15. The number of aromatic nitrogens is 2. The lowest BCUT2D eigenvalue weighted by atomic mass is 10.1. The molecule has 0 aliphatic rings. The average Bonchev–Trinajstić information content (AvgIpc) is 2.83. The van der Waals surface area contributed by atoms with Gasteiger partial charge in [-0.3, -0.25) is 0 Å². The first-order chi connectivity index (χ1) is 10.2. The van der Waals surface area contributed by atoms with E-state index in [0.29, 0.717) is 12.5 Å². The maximum absolute atomic E-state index is 5.11. The predicted octanol–water partition coefficient (Wildman–Crippen LogP) is 2.49. The number of nitrogens with zero attached hydrogens (tertiary/aromatic N) is 2. The predicted molar refractivity (Wildman–Crippen MR) is 84.1 cm³/mol. The summed E-state index contributed by atoms with van der Waals surface area (Å²) in [5.74, 6) is 0.612. The van der Waals surface area contributed by atoms with Gasteiger partial charge in [-0.2, -0.15) is 0 Å². The number of hydrogen-bond donors (Lipinski definition) is 1. The van der Waals surface area contributed by atoms with Crippen LogP contribution in [-0.2, 0) is 4.74 Å². The van der Waals surface area contributed by atoms with Gasteiger partial charge in [0, 0.05) is 30.8 Å². The Morgan fingerprint density at radius 3 is 2.62 bits per heavy atom. The van der Waals surface area contributed by atoms with E-state index in [0.717, 1.165) is 22.8 Å². The second-order valence-corrected chi connectivity index (χ2v) is 5.94. The summed E-state index contributed by atoms with van der Waals surface area (Å²) in [7, 11) is 3.31. The summed E-state index contributed by atoms with van der Waals surface area (Å²) in [6.45, 7) is 5.54. The topological polar surface area (TPSA) is 56.3 Å². The number of hydrogen-bond acceptors (Lipinski definition) is 6. The van der Waals surface area contributed by atoms with Gasteiger partial charge in [-0.05, 0) is 19.4 Å². The van der Waals surface area contributed by atoms with Crippen LogP contribution in [0.3, 0.4) is 0 Å². The Morgan fingerprint density at radius 2 is 2.10 bits per heavy atom. The van der Waals surface area contributed by atoms with Gasteiger partial charge in [0.2, 0.25) is 5.88 Å². The molecule has 1 atom stereocenters. The third-order valence-electron chi connectivity index (χ3n) is 3.25. The zero-order valence-electron chi connectivity index (χ0n) is 12.8. The maximum atomic E-state index is 5.11. The molecule has 0 spiro atoms. The largest absolute Gasteiger partial charge is 0.481 e. The van der Waals surface area contributed by atoms with Crippen molar-refractivity contribution < 1.29 is 9.47 Å². The molecule has 0 aliphatic carbocycles. The molecule has 2 rings (SSSR count). The first kappa shape index (κ1) is 15.9.